The highest BCUT2D eigenvalue weighted by Gasteiger charge is 2.41. The molecule has 1 saturated heterocycles. The standard InChI is InChI=1S/C26H33FN6O3S.C2H6/c1-5-23(36-4)32-24-16(2)29-12-20(27)19(24)8-9-33-13-17(26(3,35)15-33)10-28-11-18-6-7-21-25(30-18)31-22(34)14-37-21;1-2/h5-7,12,17,28,35H,2,8-11,13-15H2,1,3-4H3,(H,30,31,34);1-2H3/b23-5+,32-24+;. The van der Waals surface area contributed by atoms with Gasteiger partial charge in [0.1, 0.15) is 11.6 Å². The molecule has 0 aliphatic carbocycles. The van der Waals surface area contributed by atoms with Crippen LogP contribution in [0.5, 0.6) is 0 Å². The number of amides is 1. The van der Waals surface area contributed by atoms with Crippen LogP contribution < -0.4 is 10.6 Å². The van der Waals surface area contributed by atoms with Gasteiger partial charge >= 0.3 is 0 Å². The number of thioether (sulfide) groups is 1. The minimum absolute atomic E-state index is 0.0154. The minimum Gasteiger partial charge on any atom is -0.481 e. The van der Waals surface area contributed by atoms with Crippen LogP contribution in [0.15, 0.2) is 62.6 Å². The van der Waals surface area contributed by atoms with Crippen LogP contribution >= 0.6 is 11.8 Å². The second-order valence-electron chi connectivity index (χ2n) is 9.48. The molecule has 1 aromatic rings. The molecule has 0 saturated carbocycles. The van der Waals surface area contributed by atoms with Crippen molar-refractivity contribution in [1.29, 1.82) is 0 Å². The molecule has 3 aliphatic rings. The lowest BCUT2D eigenvalue weighted by Gasteiger charge is -2.24. The molecule has 212 valence electrons. The maximum absolute atomic E-state index is 14.7. The van der Waals surface area contributed by atoms with Gasteiger partial charge in [-0.15, -0.1) is 11.8 Å². The SMILES string of the molecule is C=C1N=CC(F)=C(CCN2CC(CNCc3ccc4c(n3)NC(=O)CS4)C(C)(O)C2)/C1=N/C(=C\C)OC.CC. The van der Waals surface area contributed by atoms with Crippen LogP contribution in [0.25, 0.3) is 0 Å². The Bertz CT molecular complexity index is 1190. The summed E-state index contributed by atoms with van der Waals surface area (Å²) in [6, 6.07) is 3.92. The van der Waals surface area contributed by atoms with Crippen molar-refractivity contribution in [3.8, 4) is 0 Å². The van der Waals surface area contributed by atoms with Gasteiger partial charge < -0.3 is 20.5 Å². The largest absolute Gasteiger partial charge is 0.481 e. The maximum Gasteiger partial charge on any atom is 0.235 e. The van der Waals surface area contributed by atoms with E-state index in [1.807, 2.05) is 32.9 Å². The fourth-order valence-corrected chi connectivity index (χ4v) is 5.38. The van der Waals surface area contributed by atoms with Gasteiger partial charge in [-0.05, 0) is 38.5 Å². The van der Waals surface area contributed by atoms with Crippen molar-refractivity contribution in [2.45, 2.75) is 51.2 Å². The van der Waals surface area contributed by atoms with Crippen LogP contribution in [-0.4, -0.2) is 77.5 Å². The van der Waals surface area contributed by atoms with E-state index in [9.17, 15) is 14.3 Å². The number of dihydropyridines is 1. The Labute approximate surface area is 234 Å². The fourth-order valence-electron chi connectivity index (χ4n) is 4.63. The molecule has 0 spiro atoms. The van der Waals surface area contributed by atoms with Gasteiger partial charge in [-0.3, -0.25) is 14.7 Å². The highest BCUT2D eigenvalue weighted by atomic mass is 32.2. The van der Waals surface area contributed by atoms with E-state index in [1.54, 1.807) is 13.0 Å². The lowest BCUT2D eigenvalue weighted by molar-refractivity contribution is -0.113. The second-order valence-corrected chi connectivity index (χ2v) is 10.5. The summed E-state index contributed by atoms with van der Waals surface area (Å²) < 4.78 is 19.9. The number of hydrogen-bond donors (Lipinski definition) is 3. The van der Waals surface area contributed by atoms with Gasteiger partial charge in [0.25, 0.3) is 0 Å². The smallest absolute Gasteiger partial charge is 0.235 e. The Morgan fingerprint density at radius 1 is 1.46 bits per heavy atom. The van der Waals surface area contributed by atoms with Gasteiger partial charge in [0.05, 0.1) is 46.7 Å². The highest BCUT2D eigenvalue weighted by molar-refractivity contribution is 8.00. The summed E-state index contributed by atoms with van der Waals surface area (Å²) in [5.74, 6) is 0.878. The number of pyridine rings is 1. The van der Waals surface area contributed by atoms with Crippen molar-refractivity contribution in [2.75, 3.05) is 44.4 Å². The number of rotatable bonds is 9. The van der Waals surface area contributed by atoms with E-state index in [2.05, 4.69) is 37.1 Å². The van der Waals surface area contributed by atoms with Crippen LogP contribution in [-0.2, 0) is 16.1 Å². The number of carbonyl (C=O) groups is 1. The average molecular weight is 559 g/mol. The summed E-state index contributed by atoms with van der Waals surface area (Å²) >= 11 is 1.48. The number of likely N-dealkylation sites (tertiary alicyclic amines) is 1. The third-order valence-electron chi connectivity index (χ3n) is 6.67. The number of aliphatic imine (C=N–C) groups is 2. The molecule has 0 bridgehead atoms. The van der Waals surface area contributed by atoms with Crippen molar-refractivity contribution in [3.63, 3.8) is 0 Å². The fraction of sp³-hybridized carbons (Fsp3) is 0.500. The molecule has 2 atom stereocenters. The number of ether oxygens (including phenoxy) is 1. The molecular formula is C28H39FN6O3S. The summed E-state index contributed by atoms with van der Waals surface area (Å²) in [7, 11) is 1.51. The van der Waals surface area contributed by atoms with Crippen molar-refractivity contribution < 1.29 is 19.0 Å². The van der Waals surface area contributed by atoms with E-state index in [1.165, 1.54) is 25.1 Å². The van der Waals surface area contributed by atoms with Gasteiger partial charge in [0, 0.05) is 44.2 Å². The summed E-state index contributed by atoms with van der Waals surface area (Å²) in [6.07, 6.45) is 3.26. The molecule has 1 aromatic heterocycles. The summed E-state index contributed by atoms with van der Waals surface area (Å²) in [6.45, 7) is 14.3. The van der Waals surface area contributed by atoms with E-state index >= 15 is 0 Å². The first kappa shape index (κ1) is 30.7. The predicted octanol–water partition coefficient (Wildman–Crippen LogP) is 4.08. The number of allylic oxidation sites excluding steroid dienone is 3. The molecule has 0 radical (unpaired) electrons. The number of nitrogens with one attached hydrogen (secondary N) is 2. The van der Waals surface area contributed by atoms with Gasteiger partial charge in [-0.2, -0.15) is 0 Å². The van der Waals surface area contributed by atoms with Crippen LogP contribution in [0.4, 0.5) is 10.2 Å². The molecule has 3 aliphatic heterocycles. The third kappa shape index (κ3) is 7.84. The molecule has 4 heterocycles. The molecule has 11 heteroatoms. The quantitative estimate of drug-likeness (QED) is 0.392. The van der Waals surface area contributed by atoms with E-state index < -0.39 is 11.4 Å². The molecule has 4 rings (SSSR count). The molecule has 2 unspecified atom stereocenters. The molecule has 9 nitrogen and oxygen atoms in total. The summed E-state index contributed by atoms with van der Waals surface area (Å²) in [4.78, 5) is 27.7. The molecule has 0 aromatic carbocycles. The Morgan fingerprint density at radius 3 is 2.95 bits per heavy atom. The number of fused-ring (bicyclic) bond motifs is 1. The number of halogens is 1. The first-order valence-electron chi connectivity index (χ1n) is 13.2. The summed E-state index contributed by atoms with van der Waals surface area (Å²) in [5, 5.41) is 17.3. The number of methoxy groups -OCH3 is 1. The van der Waals surface area contributed by atoms with Crippen molar-refractivity contribution in [1.82, 2.24) is 15.2 Å². The van der Waals surface area contributed by atoms with E-state index in [0.29, 0.717) is 73.6 Å². The lowest BCUT2D eigenvalue weighted by Crippen LogP contribution is -2.39. The summed E-state index contributed by atoms with van der Waals surface area (Å²) in [5.41, 5.74) is 1.13. The van der Waals surface area contributed by atoms with Gasteiger partial charge in [0.2, 0.25) is 11.8 Å². The zero-order chi connectivity index (χ0) is 28.6. The number of hydrogen-bond acceptors (Lipinski definition) is 9. The van der Waals surface area contributed by atoms with Gasteiger partial charge in [-0.1, -0.05) is 20.4 Å². The van der Waals surface area contributed by atoms with Gasteiger partial charge in [0.15, 0.2) is 0 Å². The molecule has 39 heavy (non-hydrogen) atoms. The Morgan fingerprint density at radius 2 is 2.23 bits per heavy atom. The van der Waals surface area contributed by atoms with Gasteiger partial charge in [-0.25, -0.2) is 14.4 Å². The monoisotopic (exact) mass is 558 g/mol. The zero-order valence-corrected chi connectivity index (χ0v) is 24.2. The van der Waals surface area contributed by atoms with Crippen LogP contribution in [0.2, 0.25) is 0 Å². The Hall–Kier alpha value is -2.86. The molecule has 1 fully saturated rings. The van der Waals surface area contributed by atoms with E-state index in [4.69, 9.17) is 4.74 Å². The molecular weight excluding hydrogens is 519 g/mol. The van der Waals surface area contributed by atoms with Crippen LogP contribution in [0.1, 0.15) is 39.8 Å². The first-order valence-corrected chi connectivity index (χ1v) is 14.2. The first-order chi connectivity index (χ1) is 18.7. The number of β-amino-alcohol motifs (C(OH)–C–C–N with tert-alkyl or cyclic N) is 1. The average Bonchev–Trinajstić information content (AvgIpc) is 3.22. The van der Waals surface area contributed by atoms with Crippen molar-refractivity contribution in [3.05, 3.63) is 53.5 Å². The van der Waals surface area contributed by atoms with Crippen LogP contribution in [0.3, 0.4) is 0 Å². The number of aliphatic hydroxyl groups is 1. The number of carbonyl (C=O) groups excluding carboxylic acids is 1. The highest BCUT2D eigenvalue weighted by Crippen LogP contribution is 2.31. The normalized spacial score (nSPS) is 24.4. The Kier molecular flexibility index (Phi) is 11.0. The van der Waals surface area contributed by atoms with Crippen molar-refractivity contribution in [2.24, 2.45) is 15.9 Å². The second kappa shape index (κ2) is 14.0. The minimum atomic E-state index is -0.892. The molecule has 3 N–H and O–H groups in total. The Balaban J connectivity index is 0.00000205. The topological polar surface area (TPSA) is 111 Å². The predicted molar refractivity (Wildman–Crippen MR) is 156 cm³/mol. The number of nitrogens with zero attached hydrogens (tertiary/aromatic N) is 4. The molecule has 1 amide bonds. The third-order valence-corrected chi connectivity index (χ3v) is 7.72. The van der Waals surface area contributed by atoms with Crippen LogP contribution in [0, 0.1) is 5.92 Å². The maximum atomic E-state index is 14.7. The number of aromatic nitrogens is 1. The van der Waals surface area contributed by atoms with E-state index in [-0.39, 0.29) is 11.8 Å². The number of anilines is 1. The lowest BCUT2D eigenvalue weighted by atomic mass is 9.93. The van der Waals surface area contributed by atoms with E-state index in [0.717, 1.165) is 10.6 Å². The van der Waals surface area contributed by atoms with Crippen molar-refractivity contribution >= 4 is 35.4 Å². The zero-order valence-electron chi connectivity index (χ0n) is 23.4.